The lowest BCUT2D eigenvalue weighted by atomic mass is 10.1. The number of aromatic nitrogens is 2. The molecular formula is C25H28N6O3. The summed E-state index contributed by atoms with van der Waals surface area (Å²) in [5.74, 6) is 1.18. The average molecular weight is 461 g/mol. The van der Waals surface area contributed by atoms with Crippen LogP contribution >= 0.6 is 0 Å². The van der Waals surface area contributed by atoms with Gasteiger partial charge < -0.3 is 30.3 Å². The fourth-order valence-electron chi connectivity index (χ4n) is 4.05. The molecular weight excluding hydrogens is 432 g/mol. The van der Waals surface area contributed by atoms with Crippen LogP contribution in [0.4, 0.5) is 23.0 Å². The van der Waals surface area contributed by atoms with Crippen molar-refractivity contribution in [2.45, 2.75) is 13.0 Å². The van der Waals surface area contributed by atoms with E-state index in [0.29, 0.717) is 30.5 Å². The normalized spacial score (nSPS) is 16.1. The zero-order valence-corrected chi connectivity index (χ0v) is 19.1. The van der Waals surface area contributed by atoms with Crippen molar-refractivity contribution in [1.29, 1.82) is 0 Å². The fourth-order valence-corrected chi connectivity index (χ4v) is 4.05. The summed E-state index contributed by atoms with van der Waals surface area (Å²) < 4.78 is 11.4. The number of hydrogen-bond acceptors (Lipinski definition) is 8. The molecule has 0 saturated carbocycles. The second-order valence-electron chi connectivity index (χ2n) is 8.45. The molecule has 0 spiro atoms. The molecule has 1 amide bonds. The van der Waals surface area contributed by atoms with Gasteiger partial charge in [-0.15, -0.1) is 0 Å². The van der Waals surface area contributed by atoms with Crippen molar-refractivity contribution >= 4 is 28.9 Å². The maximum atomic E-state index is 11.3. The van der Waals surface area contributed by atoms with Crippen molar-refractivity contribution in [3.63, 3.8) is 0 Å². The molecule has 3 N–H and O–H groups in total. The Morgan fingerprint density at radius 1 is 1.12 bits per heavy atom. The number of carbonyl (C=O) groups excluding carboxylic acids is 1. The molecule has 9 nitrogen and oxygen atoms in total. The molecule has 1 aromatic heterocycles. The van der Waals surface area contributed by atoms with E-state index in [9.17, 15) is 4.79 Å². The maximum absolute atomic E-state index is 11.3. The van der Waals surface area contributed by atoms with Gasteiger partial charge in [0.15, 0.2) is 0 Å². The Kier molecular flexibility index (Phi) is 6.18. The average Bonchev–Trinajstić information content (AvgIpc) is 2.83. The number of nitrogens with zero attached hydrogens (tertiary/aromatic N) is 4. The largest absolute Gasteiger partial charge is 0.485 e. The summed E-state index contributed by atoms with van der Waals surface area (Å²) in [6.07, 6.45) is 1.69. The fraction of sp³-hybridized carbons (Fsp3) is 0.320. The summed E-state index contributed by atoms with van der Waals surface area (Å²) in [5, 5.41) is 3.27. The molecule has 2 aliphatic rings. The summed E-state index contributed by atoms with van der Waals surface area (Å²) in [7, 11) is 0. The minimum absolute atomic E-state index is 0.0264. The lowest BCUT2D eigenvalue weighted by Crippen LogP contribution is -2.55. The number of nitrogens with one attached hydrogen (secondary N) is 1. The highest BCUT2D eigenvalue weighted by molar-refractivity contribution is 5.74. The minimum atomic E-state index is -0.0264. The number of amides is 1. The molecule has 3 aromatic rings. The van der Waals surface area contributed by atoms with E-state index in [4.69, 9.17) is 15.2 Å². The number of carbonyl (C=O) groups is 1. The number of anilines is 4. The molecule has 5 rings (SSSR count). The van der Waals surface area contributed by atoms with E-state index in [1.807, 2.05) is 36.4 Å². The van der Waals surface area contributed by atoms with Crippen molar-refractivity contribution in [2.75, 3.05) is 55.3 Å². The van der Waals surface area contributed by atoms with Crippen LogP contribution in [0, 0.1) is 0 Å². The van der Waals surface area contributed by atoms with Crippen LogP contribution in [0.25, 0.3) is 11.3 Å². The zero-order chi connectivity index (χ0) is 23.5. The van der Waals surface area contributed by atoms with Crippen LogP contribution in [0.15, 0.2) is 54.7 Å². The Balaban J connectivity index is 1.24. The lowest BCUT2D eigenvalue weighted by Gasteiger charge is -2.38. The Bertz CT molecular complexity index is 1160. The molecule has 9 heteroatoms. The number of rotatable bonds is 6. The second-order valence-corrected chi connectivity index (χ2v) is 8.45. The monoisotopic (exact) mass is 460 g/mol. The molecule has 3 heterocycles. The number of ether oxygens (including phenoxy) is 2. The van der Waals surface area contributed by atoms with Crippen LogP contribution < -0.4 is 20.7 Å². The van der Waals surface area contributed by atoms with Gasteiger partial charge in [0.2, 0.25) is 11.9 Å². The van der Waals surface area contributed by atoms with E-state index < -0.39 is 0 Å². The van der Waals surface area contributed by atoms with Crippen LogP contribution in [-0.2, 0) is 9.53 Å². The quantitative estimate of drug-likeness (QED) is 0.541. The minimum Gasteiger partial charge on any atom is -0.485 e. The number of hydrogen-bond donors (Lipinski definition) is 2. The van der Waals surface area contributed by atoms with Gasteiger partial charge in [-0.05, 0) is 48.5 Å². The van der Waals surface area contributed by atoms with Gasteiger partial charge in [-0.1, -0.05) is 0 Å². The summed E-state index contributed by atoms with van der Waals surface area (Å²) >= 11 is 0. The number of nitrogen functional groups attached to an aromatic ring is 1. The topological polar surface area (TPSA) is 106 Å². The summed E-state index contributed by atoms with van der Waals surface area (Å²) in [5.41, 5.74) is 10.5. The molecule has 176 valence electrons. The summed E-state index contributed by atoms with van der Waals surface area (Å²) in [6.45, 7) is 6.07. The first-order valence-electron chi connectivity index (χ1n) is 11.4. The van der Waals surface area contributed by atoms with Gasteiger partial charge in [-0.25, -0.2) is 9.97 Å². The smallest absolute Gasteiger partial charge is 0.227 e. The molecule has 2 fully saturated rings. The van der Waals surface area contributed by atoms with Crippen LogP contribution in [0.3, 0.4) is 0 Å². The van der Waals surface area contributed by atoms with Gasteiger partial charge in [-0.2, -0.15) is 0 Å². The molecule has 0 atom stereocenters. The second kappa shape index (κ2) is 9.56. The van der Waals surface area contributed by atoms with E-state index in [1.54, 1.807) is 18.0 Å². The van der Waals surface area contributed by atoms with Gasteiger partial charge in [0.05, 0.1) is 37.7 Å². The van der Waals surface area contributed by atoms with Crippen LogP contribution in [0.1, 0.15) is 6.92 Å². The van der Waals surface area contributed by atoms with E-state index in [1.165, 1.54) is 5.69 Å². The lowest BCUT2D eigenvalue weighted by molar-refractivity contribution is -0.137. The van der Waals surface area contributed by atoms with E-state index >= 15 is 0 Å². The van der Waals surface area contributed by atoms with Gasteiger partial charge in [0, 0.05) is 43.1 Å². The Morgan fingerprint density at radius 3 is 2.59 bits per heavy atom. The van der Waals surface area contributed by atoms with Crippen molar-refractivity contribution in [2.24, 2.45) is 0 Å². The number of nitrogens with two attached hydrogens (primary N) is 1. The molecule has 0 unspecified atom stereocenters. The van der Waals surface area contributed by atoms with E-state index in [0.717, 1.165) is 43.2 Å². The van der Waals surface area contributed by atoms with Crippen molar-refractivity contribution in [3.05, 3.63) is 54.7 Å². The molecule has 0 aliphatic carbocycles. The van der Waals surface area contributed by atoms with Crippen LogP contribution in [-0.4, -0.2) is 66.3 Å². The predicted octanol–water partition coefficient (Wildman–Crippen LogP) is 2.92. The van der Waals surface area contributed by atoms with Crippen molar-refractivity contribution in [3.8, 4) is 17.0 Å². The highest BCUT2D eigenvalue weighted by Gasteiger charge is 2.30. The van der Waals surface area contributed by atoms with E-state index in [-0.39, 0.29) is 12.0 Å². The first-order valence-corrected chi connectivity index (χ1v) is 11.4. The highest BCUT2D eigenvalue weighted by atomic mass is 16.5. The summed E-state index contributed by atoms with van der Waals surface area (Å²) in [4.78, 5) is 24.4. The molecule has 0 bridgehead atoms. The number of benzene rings is 2. The van der Waals surface area contributed by atoms with Crippen LogP contribution in [0.2, 0.25) is 0 Å². The van der Waals surface area contributed by atoms with Gasteiger partial charge in [0.1, 0.15) is 11.9 Å². The standard InChI is InChI=1S/C25H28N6O3/c1-17(32)31-15-21(16-31)34-24-7-2-18(14-22(24)26)23-8-9-27-25(29-23)28-19-3-5-20(6-4-19)30-10-12-33-13-11-30/h2-9,14,21H,10-13,15-16,26H2,1H3,(H,27,28,29). The predicted molar refractivity (Wildman–Crippen MR) is 131 cm³/mol. The van der Waals surface area contributed by atoms with E-state index in [2.05, 4.69) is 32.3 Å². The Hall–Kier alpha value is -3.85. The van der Waals surface area contributed by atoms with Crippen molar-refractivity contribution < 1.29 is 14.3 Å². The summed E-state index contributed by atoms with van der Waals surface area (Å²) in [6, 6.07) is 15.7. The highest BCUT2D eigenvalue weighted by Crippen LogP contribution is 2.30. The third-order valence-corrected chi connectivity index (χ3v) is 6.05. The zero-order valence-electron chi connectivity index (χ0n) is 19.1. The van der Waals surface area contributed by atoms with Crippen molar-refractivity contribution in [1.82, 2.24) is 14.9 Å². The first kappa shape index (κ1) is 22.0. The maximum Gasteiger partial charge on any atom is 0.227 e. The molecule has 34 heavy (non-hydrogen) atoms. The number of morpholine rings is 1. The third-order valence-electron chi connectivity index (χ3n) is 6.05. The molecule has 2 saturated heterocycles. The number of likely N-dealkylation sites (tertiary alicyclic amines) is 1. The Morgan fingerprint density at radius 2 is 1.88 bits per heavy atom. The third kappa shape index (κ3) is 4.89. The van der Waals surface area contributed by atoms with Gasteiger partial charge in [0.25, 0.3) is 0 Å². The SMILES string of the molecule is CC(=O)N1CC(Oc2ccc(-c3ccnc(Nc4ccc(N5CCOCC5)cc4)n3)cc2N)C1. The molecule has 2 aliphatic heterocycles. The Labute approximate surface area is 198 Å². The first-order chi connectivity index (χ1) is 16.5. The molecule has 0 radical (unpaired) electrons. The van der Waals surface area contributed by atoms with Gasteiger partial charge in [-0.3, -0.25) is 4.79 Å². The van der Waals surface area contributed by atoms with Gasteiger partial charge >= 0.3 is 0 Å². The van der Waals surface area contributed by atoms with Crippen LogP contribution in [0.5, 0.6) is 5.75 Å². The molecule has 2 aromatic carbocycles.